The second kappa shape index (κ2) is 3.51. The van der Waals surface area contributed by atoms with Crippen molar-refractivity contribution in [3.05, 3.63) is 53.9 Å². The molecule has 76 valence electrons. The maximum Gasteiger partial charge on any atom is 0.109 e. The molecule has 0 unspecified atom stereocenters. The average molecular weight is 200 g/mol. The molecule has 0 saturated carbocycles. The first-order chi connectivity index (χ1) is 7.42. The van der Waals surface area contributed by atoms with Crippen LogP contribution >= 0.6 is 0 Å². The van der Waals surface area contributed by atoms with Crippen molar-refractivity contribution in [2.24, 2.45) is 0 Å². The van der Waals surface area contributed by atoms with E-state index in [-0.39, 0.29) is 0 Å². The minimum Gasteiger partial charge on any atom is -0.368 e. The monoisotopic (exact) mass is 200 g/mol. The molecule has 1 fully saturated rings. The fourth-order valence-corrected chi connectivity index (χ4v) is 1.64. The topological polar surface area (TPSA) is 30.4 Å². The molecule has 3 heteroatoms. The highest BCUT2D eigenvalue weighted by Gasteiger charge is 2.25. The molecule has 1 atom stereocenters. The van der Waals surface area contributed by atoms with Gasteiger partial charge in [-0.05, 0) is 5.56 Å². The Hall–Kier alpha value is -1.61. The summed E-state index contributed by atoms with van der Waals surface area (Å²) in [6.07, 6.45) is 4.25. The van der Waals surface area contributed by atoms with Gasteiger partial charge < -0.3 is 4.74 Å². The van der Waals surface area contributed by atoms with Gasteiger partial charge in [0.2, 0.25) is 0 Å². The van der Waals surface area contributed by atoms with Gasteiger partial charge in [-0.1, -0.05) is 30.3 Å². The van der Waals surface area contributed by atoms with Gasteiger partial charge in [-0.25, -0.2) is 0 Å². The number of hydrogen-bond donors (Lipinski definition) is 0. The van der Waals surface area contributed by atoms with E-state index in [1.807, 2.05) is 29.1 Å². The van der Waals surface area contributed by atoms with Gasteiger partial charge in [0.25, 0.3) is 0 Å². The molecule has 2 heterocycles. The third-order valence-corrected chi connectivity index (χ3v) is 2.55. The molecule has 3 rings (SSSR count). The molecule has 3 nitrogen and oxygen atoms in total. The molecule has 0 amide bonds. The molecule has 0 N–H and O–H groups in total. The number of benzene rings is 1. The third-order valence-electron chi connectivity index (χ3n) is 2.55. The molecule has 0 aliphatic carbocycles. The van der Waals surface area contributed by atoms with Crippen LogP contribution in [0.25, 0.3) is 0 Å². The first-order valence-electron chi connectivity index (χ1n) is 5.10. The van der Waals surface area contributed by atoms with E-state index in [2.05, 4.69) is 23.4 Å². The molecule has 2 aromatic rings. The standard InChI is InChI=1S/C12H12N2O/c1-2-4-10(5-3-1)7-14-8-11(6-13-14)12-9-15-12/h1-6,8,12H,7,9H2/t12-/m1/s1. The Bertz CT molecular complexity index is 446. The van der Waals surface area contributed by atoms with Crippen LogP contribution in [0.5, 0.6) is 0 Å². The third kappa shape index (κ3) is 1.92. The van der Waals surface area contributed by atoms with Crippen LogP contribution in [0.3, 0.4) is 0 Å². The minimum absolute atomic E-state index is 0.300. The summed E-state index contributed by atoms with van der Waals surface area (Å²) in [4.78, 5) is 0. The van der Waals surface area contributed by atoms with Gasteiger partial charge in [-0.2, -0.15) is 5.10 Å². The summed E-state index contributed by atoms with van der Waals surface area (Å²) in [6, 6.07) is 10.3. The van der Waals surface area contributed by atoms with Crippen molar-refractivity contribution < 1.29 is 4.74 Å². The number of aromatic nitrogens is 2. The molecule has 1 saturated heterocycles. The second-order valence-electron chi connectivity index (χ2n) is 3.78. The summed E-state index contributed by atoms with van der Waals surface area (Å²) in [5.74, 6) is 0. The van der Waals surface area contributed by atoms with Gasteiger partial charge in [0.1, 0.15) is 6.10 Å². The average Bonchev–Trinajstić information content (AvgIpc) is 3.02. The van der Waals surface area contributed by atoms with Crippen LogP contribution in [0.1, 0.15) is 17.2 Å². The zero-order valence-corrected chi connectivity index (χ0v) is 8.34. The van der Waals surface area contributed by atoms with Crippen LogP contribution in [-0.4, -0.2) is 16.4 Å². The van der Waals surface area contributed by atoms with Gasteiger partial charge in [-0.3, -0.25) is 4.68 Å². The van der Waals surface area contributed by atoms with Crippen LogP contribution < -0.4 is 0 Å². The zero-order valence-electron chi connectivity index (χ0n) is 8.34. The Labute approximate surface area is 88.3 Å². The number of nitrogens with zero attached hydrogens (tertiary/aromatic N) is 2. The van der Waals surface area contributed by atoms with E-state index < -0.39 is 0 Å². The Morgan fingerprint density at radius 3 is 2.87 bits per heavy atom. The van der Waals surface area contributed by atoms with Crippen molar-refractivity contribution in [3.63, 3.8) is 0 Å². The lowest BCUT2D eigenvalue weighted by Crippen LogP contribution is -1.99. The van der Waals surface area contributed by atoms with E-state index in [1.165, 1.54) is 11.1 Å². The van der Waals surface area contributed by atoms with Crippen LogP contribution in [0.4, 0.5) is 0 Å². The van der Waals surface area contributed by atoms with E-state index in [4.69, 9.17) is 4.74 Å². The van der Waals surface area contributed by atoms with Gasteiger partial charge in [-0.15, -0.1) is 0 Å². The summed E-state index contributed by atoms with van der Waals surface area (Å²) in [5, 5.41) is 4.31. The summed E-state index contributed by atoms with van der Waals surface area (Å²) < 4.78 is 7.16. The molecule has 15 heavy (non-hydrogen) atoms. The first kappa shape index (κ1) is 8.68. The van der Waals surface area contributed by atoms with Crippen molar-refractivity contribution >= 4 is 0 Å². The number of hydrogen-bond acceptors (Lipinski definition) is 2. The normalized spacial score (nSPS) is 19.1. The maximum atomic E-state index is 5.20. The van der Waals surface area contributed by atoms with Crippen molar-refractivity contribution in [2.75, 3.05) is 6.61 Å². The van der Waals surface area contributed by atoms with E-state index in [0.717, 1.165) is 13.2 Å². The minimum atomic E-state index is 0.300. The van der Waals surface area contributed by atoms with Crippen molar-refractivity contribution in [3.8, 4) is 0 Å². The lowest BCUT2D eigenvalue weighted by molar-refractivity contribution is 0.415. The van der Waals surface area contributed by atoms with Crippen LogP contribution in [0, 0.1) is 0 Å². The highest BCUT2D eigenvalue weighted by atomic mass is 16.6. The second-order valence-corrected chi connectivity index (χ2v) is 3.78. The first-order valence-corrected chi connectivity index (χ1v) is 5.10. The van der Waals surface area contributed by atoms with Crippen molar-refractivity contribution in [2.45, 2.75) is 12.6 Å². The highest BCUT2D eigenvalue weighted by molar-refractivity contribution is 5.17. The molecule has 1 aromatic heterocycles. The van der Waals surface area contributed by atoms with Gasteiger partial charge in [0, 0.05) is 11.8 Å². The summed E-state index contributed by atoms with van der Waals surface area (Å²) in [7, 11) is 0. The molecule has 1 aromatic carbocycles. The largest absolute Gasteiger partial charge is 0.368 e. The van der Waals surface area contributed by atoms with Gasteiger partial charge >= 0.3 is 0 Å². The van der Waals surface area contributed by atoms with Crippen LogP contribution in [0.2, 0.25) is 0 Å². The van der Waals surface area contributed by atoms with Crippen molar-refractivity contribution in [1.29, 1.82) is 0 Å². The fourth-order valence-electron chi connectivity index (χ4n) is 1.64. The Morgan fingerprint density at radius 1 is 1.33 bits per heavy atom. The molecule has 0 spiro atoms. The van der Waals surface area contributed by atoms with E-state index >= 15 is 0 Å². The Balaban J connectivity index is 1.76. The predicted octanol–water partition coefficient (Wildman–Crippen LogP) is 2.00. The quantitative estimate of drug-likeness (QED) is 0.709. The number of ether oxygens (including phenoxy) is 1. The van der Waals surface area contributed by atoms with E-state index in [1.54, 1.807) is 0 Å². The highest BCUT2D eigenvalue weighted by Crippen LogP contribution is 2.28. The van der Waals surface area contributed by atoms with Crippen LogP contribution in [0.15, 0.2) is 42.7 Å². The van der Waals surface area contributed by atoms with Crippen molar-refractivity contribution in [1.82, 2.24) is 9.78 Å². The van der Waals surface area contributed by atoms with Gasteiger partial charge in [0.15, 0.2) is 0 Å². The Kier molecular flexibility index (Phi) is 2.03. The number of epoxide rings is 1. The summed E-state index contributed by atoms with van der Waals surface area (Å²) >= 11 is 0. The molecule has 1 aliphatic heterocycles. The summed E-state index contributed by atoms with van der Waals surface area (Å²) in [6.45, 7) is 1.67. The Morgan fingerprint density at radius 2 is 2.13 bits per heavy atom. The lowest BCUT2D eigenvalue weighted by Gasteiger charge is -2.00. The number of rotatable bonds is 3. The molecule has 0 bridgehead atoms. The summed E-state index contributed by atoms with van der Waals surface area (Å²) in [5.41, 5.74) is 2.45. The molecule has 1 aliphatic rings. The smallest absolute Gasteiger partial charge is 0.109 e. The SMILES string of the molecule is c1ccc(Cn2cc([C@H]3CO3)cn2)cc1. The van der Waals surface area contributed by atoms with Crippen LogP contribution in [-0.2, 0) is 11.3 Å². The van der Waals surface area contributed by atoms with E-state index in [9.17, 15) is 0 Å². The zero-order chi connectivity index (χ0) is 10.1. The maximum absolute atomic E-state index is 5.20. The van der Waals surface area contributed by atoms with Gasteiger partial charge in [0.05, 0.1) is 19.3 Å². The fraction of sp³-hybridized carbons (Fsp3) is 0.250. The molecular formula is C12H12N2O. The molecule has 0 radical (unpaired) electrons. The predicted molar refractivity (Wildman–Crippen MR) is 56.5 cm³/mol. The van der Waals surface area contributed by atoms with E-state index in [0.29, 0.717) is 6.10 Å². The molecular weight excluding hydrogens is 188 g/mol. The lowest BCUT2D eigenvalue weighted by atomic mass is 10.2.